The Kier molecular flexibility index (Phi) is 6.74. The lowest BCUT2D eigenvalue weighted by molar-refractivity contribution is 0.638. The van der Waals surface area contributed by atoms with Gasteiger partial charge in [-0.05, 0) is 18.8 Å². The lowest BCUT2D eigenvalue weighted by atomic mass is 10.1. The lowest BCUT2D eigenvalue weighted by Gasteiger charge is -1.96. The minimum atomic E-state index is 0.446. The molecule has 0 saturated heterocycles. The zero-order valence-corrected chi connectivity index (χ0v) is 10.5. The SMILES string of the molecule is C#Cc1ncc(/C=C/CCCCCCC)cn1. The molecule has 90 valence electrons. The second-order valence-electron chi connectivity index (χ2n) is 4.09. The van der Waals surface area contributed by atoms with Crippen molar-refractivity contribution in [2.24, 2.45) is 0 Å². The van der Waals surface area contributed by atoms with Crippen molar-refractivity contribution in [3.63, 3.8) is 0 Å². The Morgan fingerprint density at radius 3 is 2.53 bits per heavy atom. The van der Waals surface area contributed by atoms with Crippen LogP contribution in [0.5, 0.6) is 0 Å². The largest absolute Gasteiger partial charge is 0.229 e. The van der Waals surface area contributed by atoms with E-state index in [0.29, 0.717) is 5.82 Å². The van der Waals surface area contributed by atoms with Gasteiger partial charge in [-0.3, -0.25) is 0 Å². The maximum atomic E-state index is 5.19. The molecule has 0 aromatic carbocycles. The molecule has 2 heteroatoms. The average molecular weight is 228 g/mol. The van der Waals surface area contributed by atoms with Gasteiger partial charge in [0.05, 0.1) is 0 Å². The van der Waals surface area contributed by atoms with Gasteiger partial charge in [0.25, 0.3) is 0 Å². The van der Waals surface area contributed by atoms with Crippen LogP contribution in [0, 0.1) is 12.3 Å². The van der Waals surface area contributed by atoms with Gasteiger partial charge in [-0.15, -0.1) is 6.42 Å². The fourth-order valence-electron chi connectivity index (χ4n) is 1.58. The van der Waals surface area contributed by atoms with Crippen LogP contribution < -0.4 is 0 Å². The van der Waals surface area contributed by atoms with Crippen molar-refractivity contribution >= 4 is 6.08 Å². The average Bonchev–Trinajstić information content (AvgIpc) is 2.38. The van der Waals surface area contributed by atoms with Crippen LogP contribution >= 0.6 is 0 Å². The van der Waals surface area contributed by atoms with Crippen LogP contribution in [-0.2, 0) is 0 Å². The van der Waals surface area contributed by atoms with Gasteiger partial charge >= 0.3 is 0 Å². The van der Waals surface area contributed by atoms with E-state index in [1.807, 2.05) is 0 Å². The van der Waals surface area contributed by atoms with Gasteiger partial charge < -0.3 is 0 Å². The molecule has 0 spiro atoms. The Morgan fingerprint density at radius 1 is 1.18 bits per heavy atom. The van der Waals surface area contributed by atoms with E-state index in [0.717, 1.165) is 12.0 Å². The van der Waals surface area contributed by atoms with Gasteiger partial charge in [0, 0.05) is 18.0 Å². The van der Waals surface area contributed by atoms with E-state index in [-0.39, 0.29) is 0 Å². The summed E-state index contributed by atoms with van der Waals surface area (Å²) in [5.74, 6) is 2.85. The Labute approximate surface area is 104 Å². The topological polar surface area (TPSA) is 25.8 Å². The molecule has 0 radical (unpaired) electrons. The number of unbranched alkanes of at least 4 members (excludes halogenated alkanes) is 5. The van der Waals surface area contributed by atoms with Crippen LogP contribution in [0.25, 0.3) is 6.08 Å². The van der Waals surface area contributed by atoms with Crippen molar-refractivity contribution in [3.05, 3.63) is 29.9 Å². The zero-order valence-electron chi connectivity index (χ0n) is 10.5. The number of terminal acetylenes is 1. The molecule has 17 heavy (non-hydrogen) atoms. The summed E-state index contributed by atoms with van der Waals surface area (Å²) in [5.41, 5.74) is 1.01. The van der Waals surface area contributed by atoms with Crippen molar-refractivity contribution in [2.45, 2.75) is 45.4 Å². The molecule has 0 bridgehead atoms. The van der Waals surface area contributed by atoms with Gasteiger partial charge in [0.2, 0.25) is 5.82 Å². The highest BCUT2D eigenvalue weighted by atomic mass is 14.8. The fraction of sp³-hybridized carbons (Fsp3) is 0.467. The number of hydrogen-bond donors (Lipinski definition) is 0. The Hall–Kier alpha value is -1.62. The minimum Gasteiger partial charge on any atom is -0.229 e. The zero-order chi connectivity index (χ0) is 12.3. The molecule has 1 aromatic rings. The molecule has 2 nitrogen and oxygen atoms in total. The molecule has 0 fully saturated rings. The summed E-state index contributed by atoms with van der Waals surface area (Å²) < 4.78 is 0. The summed E-state index contributed by atoms with van der Waals surface area (Å²) in [6, 6.07) is 0. The molecule has 0 saturated carbocycles. The first-order valence-electron chi connectivity index (χ1n) is 6.32. The molecule has 1 rings (SSSR count). The summed E-state index contributed by atoms with van der Waals surface area (Å²) in [6.07, 6.45) is 20.7. The first-order valence-corrected chi connectivity index (χ1v) is 6.32. The molecule has 1 aromatic heterocycles. The highest BCUT2D eigenvalue weighted by Gasteiger charge is 1.91. The summed E-state index contributed by atoms with van der Waals surface area (Å²) in [7, 11) is 0. The highest BCUT2D eigenvalue weighted by molar-refractivity contribution is 5.46. The van der Waals surface area contributed by atoms with Crippen molar-refractivity contribution in [1.82, 2.24) is 9.97 Å². The van der Waals surface area contributed by atoms with Crippen molar-refractivity contribution in [3.8, 4) is 12.3 Å². The number of nitrogens with zero attached hydrogens (tertiary/aromatic N) is 2. The lowest BCUT2D eigenvalue weighted by Crippen LogP contribution is -1.87. The van der Waals surface area contributed by atoms with E-state index < -0.39 is 0 Å². The smallest absolute Gasteiger partial charge is 0.204 e. The van der Waals surface area contributed by atoms with E-state index in [1.165, 1.54) is 32.1 Å². The Bertz CT molecular complexity index is 371. The summed E-state index contributed by atoms with van der Waals surface area (Å²) >= 11 is 0. The molecule has 0 amide bonds. The summed E-state index contributed by atoms with van der Waals surface area (Å²) in [6.45, 7) is 2.24. The van der Waals surface area contributed by atoms with Gasteiger partial charge in [-0.1, -0.05) is 44.8 Å². The van der Waals surface area contributed by atoms with Gasteiger partial charge in [-0.25, -0.2) is 9.97 Å². The highest BCUT2D eigenvalue weighted by Crippen LogP contribution is 2.07. The Morgan fingerprint density at radius 2 is 1.88 bits per heavy atom. The third kappa shape index (κ3) is 5.87. The Balaban J connectivity index is 2.21. The maximum Gasteiger partial charge on any atom is 0.204 e. The van der Waals surface area contributed by atoms with Crippen LogP contribution in [0.4, 0.5) is 0 Å². The van der Waals surface area contributed by atoms with Crippen molar-refractivity contribution in [1.29, 1.82) is 0 Å². The first kappa shape index (κ1) is 13.4. The molecule has 0 unspecified atom stereocenters. The molecule has 0 aliphatic heterocycles. The van der Waals surface area contributed by atoms with E-state index in [4.69, 9.17) is 6.42 Å². The molecule has 0 aliphatic carbocycles. The fourth-order valence-corrected chi connectivity index (χ4v) is 1.58. The van der Waals surface area contributed by atoms with E-state index in [9.17, 15) is 0 Å². The third-order valence-corrected chi connectivity index (χ3v) is 2.59. The third-order valence-electron chi connectivity index (χ3n) is 2.59. The standard InChI is InChI=1S/C15H20N2/c1-3-5-6-7-8-9-10-11-14-12-16-15(4-2)17-13-14/h2,10-13H,3,5-9H2,1H3/b11-10+. The normalized spacial score (nSPS) is 10.6. The van der Waals surface area contributed by atoms with E-state index >= 15 is 0 Å². The van der Waals surface area contributed by atoms with Gasteiger partial charge in [-0.2, -0.15) is 0 Å². The molecular weight excluding hydrogens is 208 g/mol. The molecular formula is C15H20N2. The second-order valence-corrected chi connectivity index (χ2v) is 4.09. The van der Waals surface area contributed by atoms with Crippen LogP contribution in [0.1, 0.15) is 56.8 Å². The second kappa shape index (κ2) is 8.52. The number of rotatable bonds is 7. The van der Waals surface area contributed by atoms with Crippen LogP contribution in [0.15, 0.2) is 18.5 Å². The quantitative estimate of drug-likeness (QED) is 0.523. The number of hydrogen-bond acceptors (Lipinski definition) is 2. The predicted octanol–water partition coefficient (Wildman–Crippen LogP) is 3.83. The van der Waals surface area contributed by atoms with E-state index in [1.54, 1.807) is 12.4 Å². The summed E-state index contributed by atoms with van der Waals surface area (Å²) in [5, 5.41) is 0. The molecule has 1 heterocycles. The van der Waals surface area contributed by atoms with Crippen LogP contribution in [0.2, 0.25) is 0 Å². The van der Waals surface area contributed by atoms with Crippen molar-refractivity contribution < 1.29 is 0 Å². The number of aromatic nitrogens is 2. The first-order chi connectivity index (χ1) is 8.36. The van der Waals surface area contributed by atoms with E-state index in [2.05, 4.69) is 35.0 Å². The molecule has 0 atom stereocenters. The van der Waals surface area contributed by atoms with Crippen LogP contribution in [-0.4, -0.2) is 9.97 Å². The van der Waals surface area contributed by atoms with Gasteiger partial charge in [0.1, 0.15) is 0 Å². The monoisotopic (exact) mass is 228 g/mol. The number of allylic oxidation sites excluding steroid dienone is 1. The maximum absolute atomic E-state index is 5.19. The molecule has 0 aliphatic rings. The van der Waals surface area contributed by atoms with Gasteiger partial charge in [0.15, 0.2) is 0 Å². The minimum absolute atomic E-state index is 0.446. The predicted molar refractivity (Wildman–Crippen MR) is 72.4 cm³/mol. The van der Waals surface area contributed by atoms with Crippen LogP contribution in [0.3, 0.4) is 0 Å². The summed E-state index contributed by atoms with van der Waals surface area (Å²) in [4.78, 5) is 8.08. The molecule has 0 N–H and O–H groups in total. The van der Waals surface area contributed by atoms with Crippen molar-refractivity contribution in [2.75, 3.05) is 0 Å².